The molecule has 0 saturated carbocycles. The number of nitrogens with zero attached hydrogens (tertiary/aromatic N) is 3. The lowest BCUT2D eigenvalue weighted by Gasteiger charge is -2.12. The SMILES string of the molecule is c1ccc(-c2ccc(-n3c4ccccc4c4cc5c6ccccc6c6nccnc6c5cc43)cc2)cc1. The van der Waals surface area contributed by atoms with Crippen LogP contribution in [0.1, 0.15) is 0 Å². The molecule has 3 nitrogen and oxygen atoms in total. The summed E-state index contributed by atoms with van der Waals surface area (Å²) in [6, 6.07) is 41.2. The molecule has 0 aliphatic rings. The minimum Gasteiger partial charge on any atom is -0.309 e. The van der Waals surface area contributed by atoms with Crippen molar-refractivity contribution >= 4 is 54.4 Å². The van der Waals surface area contributed by atoms with Gasteiger partial charge < -0.3 is 4.57 Å². The van der Waals surface area contributed by atoms with Crippen LogP contribution < -0.4 is 0 Å². The maximum absolute atomic E-state index is 4.80. The summed E-state index contributed by atoms with van der Waals surface area (Å²) in [6.45, 7) is 0. The Hall–Kier alpha value is -5.02. The summed E-state index contributed by atoms with van der Waals surface area (Å²) in [5.74, 6) is 0. The minimum absolute atomic E-state index is 0.939. The summed E-state index contributed by atoms with van der Waals surface area (Å²) in [5.41, 5.74) is 7.82. The van der Waals surface area contributed by atoms with Gasteiger partial charge in [0.1, 0.15) is 0 Å². The normalized spacial score (nSPS) is 11.8. The van der Waals surface area contributed by atoms with Crippen LogP contribution >= 0.6 is 0 Å². The minimum atomic E-state index is 0.939. The van der Waals surface area contributed by atoms with Gasteiger partial charge in [-0.2, -0.15) is 0 Å². The molecule has 172 valence electrons. The molecule has 37 heavy (non-hydrogen) atoms. The number of benzene rings is 6. The van der Waals surface area contributed by atoms with Crippen LogP contribution in [0.5, 0.6) is 0 Å². The summed E-state index contributed by atoms with van der Waals surface area (Å²) in [7, 11) is 0. The van der Waals surface area contributed by atoms with Gasteiger partial charge in [-0.1, -0.05) is 84.9 Å². The van der Waals surface area contributed by atoms with Gasteiger partial charge >= 0.3 is 0 Å². The first-order valence-electron chi connectivity index (χ1n) is 12.5. The fourth-order valence-corrected chi connectivity index (χ4v) is 5.80. The molecule has 0 bridgehead atoms. The lowest BCUT2D eigenvalue weighted by Crippen LogP contribution is -1.94. The van der Waals surface area contributed by atoms with E-state index >= 15 is 0 Å². The average Bonchev–Trinajstić information content (AvgIpc) is 3.30. The number of hydrogen-bond donors (Lipinski definition) is 0. The Kier molecular flexibility index (Phi) is 4.23. The van der Waals surface area contributed by atoms with Gasteiger partial charge in [0.05, 0.1) is 22.1 Å². The highest BCUT2D eigenvalue weighted by Gasteiger charge is 2.17. The van der Waals surface area contributed by atoms with Crippen LogP contribution in [-0.4, -0.2) is 14.5 Å². The smallest absolute Gasteiger partial charge is 0.0972 e. The van der Waals surface area contributed by atoms with E-state index in [1.165, 1.54) is 43.7 Å². The number of aromatic nitrogens is 3. The fourth-order valence-electron chi connectivity index (χ4n) is 5.80. The predicted octanol–water partition coefficient (Wildman–Crippen LogP) is 8.70. The van der Waals surface area contributed by atoms with Gasteiger partial charge in [-0.3, -0.25) is 9.97 Å². The number of para-hydroxylation sites is 1. The van der Waals surface area contributed by atoms with Crippen LogP contribution in [-0.2, 0) is 0 Å². The Morgan fingerprint density at radius 2 is 1.03 bits per heavy atom. The molecule has 0 N–H and O–H groups in total. The van der Waals surface area contributed by atoms with Gasteiger partial charge in [0.25, 0.3) is 0 Å². The molecule has 0 fully saturated rings. The van der Waals surface area contributed by atoms with E-state index in [0.717, 1.165) is 27.5 Å². The van der Waals surface area contributed by atoms with E-state index in [1.54, 1.807) is 12.4 Å². The standard InChI is InChI=1S/C34H21N3/c1-2-8-22(9-3-1)23-14-16-24(17-15-23)37-31-13-7-6-11-26(31)29-20-28-25-10-4-5-12-27(25)33-34(36-19-18-35-33)30(28)21-32(29)37/h1-21H. The molecule has 6 aromatic carbocycles. The van der Waals surface area contributed by atoms with Crippen molar-refractivity contribution < 1.29 is 0 Å². The van der Waals surface area contributed by atoms with Crippen molar-refractivity contribution in [2.75, 3.05) is 0 Å². The van der Waals surface area contributed by atoms with Crippen LogP contribution in [0.25, 0.3) is 71.2 Å². The molecule has 8 rings (SSSR count). The molecule has 0 spiro atoms. The predicted molar refractivity (Wildman–Crippen MR) is 154 cm³/mol. The van der Waals surface area contributed by atoms with Crippen molar-refractivity contribution in [1.82, 2.24) is 14.5 Å². The average molecular weight is 472 g/mol. The molecular weight excluding hydrogens is 450 g/mol. The monoisotopic (exact) mass is 471 g/mol. The molecule has 0 amide bonds. The zero-order valence-electron chi connectivity index (χ0n) is 20.0. The molecule has 0 radical (unpaired) electrons. The van der Waals surface area contributed by atoms with Gasteiger partial charge in [0, 0.05) is 39.6 Å². The van der Waals surface area contributed by atoms with E-state index in [-0.39, 0.29) is 0 Å². The van der Waals surface area contributed by atoms with Crippen molar-refractivity contribution in [2.24, 2.45) is 0 Å². The lowest BCUT2D eigenvalue weighted by atomic mass is 9.97. The van der Waals surface area contributed by atoms with Gasteiger partial charge in [-0.15, -0.1) is 0 Å². The lowest BCUT2D eigenvalue weighted by molar-refractivity contribution is 1.18. The maximum atomic E-state index is 4.80. The van der Waals surface area contributed by atoms with Crippen LogP contribution in [0.15, 0.2) is 128 Å². The molecular formula is C34H21N3. The first kappa shape index (κ1) is 20.2. The molecule has 0 aliphatic carbocycles. The second-order valence-corrected chi connectivity index (χ2v) is 9.48. The summed E-state index contributed by atoms with van der Waals surface area (Å²) >= 11 is 0. The molecule has 0 unspecified atom stereocenters. The van der Waals surface area contributed by atoms with Gasteiger partial charge in [-0.25, -0.2) is 0 Å². The fraction of sp³-hybridized carbons (Fsp3) is 0. The number of hydrogen-bond acceptors (Lipinski definition) is 2. The summed E-state index contributed by atoms with van der Waals surface area (Å²) in [6.07, 6.45) is 3.57. The maximum Gasteiger partial charge on any atom is 0.0972 e. The first-order chi connectivity index (χ1) is 18.4. The topological polar surface area (TPSA) is 30.7 Å². The molecule has 2 aromatic heterocycles. The Labute approximate surface area is 213 Å². The highest BCUT2D eigenvalue weighted by molar-refractivity contribution is 6.27. The van der Waals surface area contributed by atoms with Gasteiger partial charge in [0.15, 0.2) is 0 Å². The summed E-state index contributed by atoms with van der Waals surface area (Å²) in [5, 5.41) is 7.16. The van der Waals surface area contributed by atoms with E-state index in [2.05, 4.69) is 120 Å². The number of fused-ring (bicyclic) bond motifs is 9. The van der Waals surface area contributed by atoms with Crippen LogP contribution in [0.4, 0.5) is 0 Å². The molecule has 0 aliphatic heterocycles. The number of rotatable bonds is 2. The Morgan fingerprint density at radius 1 is 0.405 bits per heavy atom. The van der Waals surface area contributed by atoms with E-state index < -0.39 is 0 Å². The third kappa shape index (κ3) is 2.95. The van der Waals surface area contributed by atoms with Crippen molar-refractivity contribution in [3.8, 4) is 16.8 Å². The van der Waals surface area contributed by atoms with E-state index in [4.69, 9.17) is 9.97 Å². The second-order valence-electron chi connectivity index (χ2n) is 9.48. The highest BCUT2D eigenvalue weighted by Crippen LogP contribution is 2.39. The van der Waals surface area contributed by atoms with Gasteiger partial charge in [-0.05, 0) is 52.2 Å². The molecule has 3 heteroatoms. The van der Waals surface area contributed by atoms with Crippen LogP contribution in [0.2, 0.25) is 0 Å². The second kappa shape index (κ2) is 7.74. The molecule has 0 saturated heterocycles. The van der Waals surface area contributed by atoms with Crippen LogP contribution in [0.3, 0.4) is 0 Å². The Morgan fingerprint density at radius 3 is 1.81 bits per heavy atom. The quantitative estimate of drug-likeness (QED) is 0.236. The van der Waals surface area contributed by atoms with Gasteiger partial charge in [0.2, 0.25) is 0 Å². The largest absolute Gasteiger partial charge is 0.309 e. The zero-order chi connectivity index (χ0) is 24.3. The van der Waals surface area contributed by atoms with E-state index in [0.29, 0.717) is 0 Å². The Bertz CT molecular complexity index is 2120. The van der Waals surface area contributed by atoms with Crippen molar-refractivity contribution in [1.29, 1.82) is 0 Å². The van der Waals surface area contributed by atoms with E-state index in [1.807, 2.05) is 0 Å². The summed E-state index contributed by atoms with van der Waals surface area (Å²) < 4.78 is 2.37. The van der Waals surface area contributed by atoms with Crippen molar-refractivity contribution in [3.63, 3.8) is 0 Å². The van der Waals surface area contributed by atoms with Crippen molar-refractivity contribution in [2.45, 2.75) is 0 Å². The third-order valence-electron chi connectivity index (χ3n) is 7.47. The van der Waals surface area contributed by atoms with E-state index in [9.17, 15) is 0 Å². The Balaban J connectivity index is 1.48. The van der Waals surface area contributed by atoms with Crippen molar-refractivity contribution in [3.05, 3.63) is 128 Å². The third-order valence-corrected chi connectivity index (χ3v) is 7.47. The molecule has 0 atom stereocenters. The molecule has 8 aromatic rings. The zero-order valence-corrected chi connectivity index (χ0v) is 20.0. The highest BCUT2D eigenvalue weighted by atomic mass is 15.0. The van der Waals surface area contributed by atoms with Crippen LogP contribution in [0, 0.1) is 0 Å². The molecule has 2 heterocycles. The first-order valence-corrected chi connectivity index (χ1v) is 12.5. The summed E-state index contributed by atoms with van der Waals surface area (Å²) in [4.78, 5) is 9.53.